The molecule has 0 bridgehead atoms. The van der Waals surface area contributed by atoms with E-state index in [4.69, 9.17) is 4.99 Å². The zero-order valence-corrected chi connectivity index (χ0v) is 16.3. The number of hydrogen-bond donors (Lipinski definition) is 2. The lowest BCUT2D eigenvalue weighted by atomic mass is 9.79. The van der Waals surface area contributed by atoms with Gasteiger partial charge >= 0.3 is 0 Å². The van der Waals surface area contributed by atoms with Gasteiger partial charge in [0.05, 0.1) is 6.54 Å². The number of guanidine groups is 1. The summed E-state index contributed by atoms with van der Waals surface area (Å²) in [6, 6.07) is 0. The largest absolute Gasteiger partial charge is 0.357 e. The number of nitrogens with one attached hydrogen (secondary N) is 2. The molecule has 0 aromatic rings. The molecular weight excluding hydrogens is 324 g/mol. The van der Waals surface area contributed by atoms with E-state index in [2.05, 4.69) is 22.5 Å². The second kappa shape index (κ2) is 7.85. The highest BCUT2D eigenvalue weighted by atomic mass is 32.2. The van der Waals surface area contributed by atoms with Crippen LogP contribution in [0.5, 0.6) is 0 Å². The van der Waals surface area contributed by atoms with Gasteiger partial charge in [0, 0.05) is 59.3 Å². The molecule has 0 saturated carbocycles. The summed E-state index contributed by atoms with van der Waals surface area (Å²) in [6.45, 7) is 12.0. The number of carbonyl (C=O) groups excluding carboxylic acids is 1. The van der Waals surface area contributed by atoms with Gasteiger partial charge < -0.3 is 15.5 Å². The molecule has 2 atom stereocenters. The maximum atomic E-state index is 12.2. The minimum absolute atomic E-state index is 0.0553. The second-order valence-electron chi connectivity index (χ2n) is 7.88. The summed E-state index contributed by atoms with van der Waals surface area (Å²) in [5, 5.41) is 6.33. The smallest absolute Gasteiger partial charge is 0.220 e. The van der Waals surface area contributed by atoms with Gasteiger partial charge in [-0.1, -0.05) is 0 Å². The molecule has 24 heavy (non-hydrogen) atoms. The van der Waals surface area contributed by atoms with Gasteiger partial charge in [0.1, 0.15) is 0 Å². The summed E-state index contributed by atoms with van der Waals surface area (Å²) in [4.78, 5) is 18.6. The highest BCUT2D eigenvalue weighted by Gasteiger charge is 2.42. The van der Waals surface area contributed by atoms with E-state index >= 15 is 0 Å². The van der Waals surface area contributed by atoms with Crippen molar-refractivity contribution in [2.24, 2.45) is 10.4 Å². The van der Waals surface area contributed by atoms with Gasteiger partial charge in [0.25, 0.3) is 0 Å². The molecule has 2 rings (SSSR count). The van der Waals surface area contributed by atoms with E-state index in [1.165, 1.54) is 0 Å². The maximum Gasteiger partial charge on any atom is 0.220 e. The minimum Gasteiger partial charge on any atom is -0.357 e. The number of piperidine rings is 1. The molecule has 7 heteroatoms. The first-order chi connectivity index (χ1) is 11.3. The number of likely N-dealkylation sites (tertiary alicyclic amines) is 1. The molecule has 2 unspecified atom stereocenters. The van der Waals surface area contributed by atoms with Gasteiger partial charge in [0.15, 0.2) is 5.96 Å². The number of amides is 1. The van der Waals surface area contributed by atoms with Crippen LogP contribution in [0.1, 0.15) is 47.0 Å². The highest BCUT2D eigenvalue weighted by molar-refractivity contribution is 7.86. The van der Waals surface area contributed by atoms with Gasteiger partial charge in [-0.25, -0.2) is 0 Å². The van der Waals surface area contributed by atoms with Crippen molar-refractivity contribution in [1.29, 1.82) is 0 Å². The molecule has 2 fully saturated rings. The molecule has 0 aliphatic carbocycles. The Labute approximate surface area is 148 Å². The molecule has 2 heterocycles. The van der Waals surface area contributed by atoms with Crippen molar-refractivity contribution in [3.63, 3.8) is 0 Å². The molecular formula is C17H32N4O2S. The first-order valence-corrected chi connectivity index (χ1v) is 10.3. The Balaban J connectivity index is 1.99. The first-order valence-electron chi connectivity index (χ1n) is 8.94. The topological polar surface area (TPSA) is 73.8 Å². The molecule has 2 saturated heterocycles. The summed E-state index contributed by atoms with van der Waals surface area (Å²) in [5.74, 6) is 1.64. The molecule has 0 radical (unpaired) electrons. The Hall–Kier alpha value is -1.11. The summed E-state index contributed by atoms with van der Waals surface area (Å²) >= 11 is 0. The SMILES string of the molecule is CCNC(=NCCS(=O)C(C)(C)C)N1CCCC2(CNC(=O)C2)C1. The minimum atomic E-state index is -0.884. The van der Waals surface area contributed by atoms with E-state index in [0.29, 0.717) is 18.7 Å². The Morgan fingerprint density at radius 2 is 2.21 bits per heavy atom. The normalized spacial score (nSPS) is 26.6. The van der Waals surface area contributed by atoms with Crippen LogP contribution in [0, 0.1) is 5.41 Å². The van der Waals surface area contributed by atoms with Crippen LogP contribution in [0.15, 0.2) is 4.99 Å². The van der Waals surface area contributed by atoms with Crippen molar-refractivity contribution in [3.05, 3.63) is 0 Å². The Bertz CT molecular complexity index is 515. The summed E-state index contributed by atoms with van der Waals surface area (Å²) in [5.41, 5.74) is 0.0553. The fraction of sp³-hybridized carbons (Fsp3) is 0.882. The van der Waals surface area contributed by atoms with Crippen molar-refractivity contribution in [2.75, 3.05) is 38.5 Å². The lowest BCUT2D eigenvalue weighted by Gasteiger charge is -2.40. The van der Waals surface area contributed by atoms with Gasteiger partial charge in [-0.15, -0.1) is 0 Å². The number of aliphatic imine (C=N–C) groups is 1. The van der Waals surface area contributed by atoms with Gasteiger partial charge in [0.2, 0.25) is 5.91 Å². The van der Waals surface area contributed by atoms with Crippen LogP contribution in [-0.4, -0.2) is 64.2 Å². The number of rotatable bonds is 4. The van der Waals surface area contributed by atoms with Crippen LogP contribution in [0.2, 0.25) is 0 Å². The number of carbonyl (C=O) groups is 1. The molecule has 0 aromatic heterocycles. The van der Waals surface area contributed by atoms with E-state index in [1.54, 1.807) is 0 Å². The third-order valence-corrected chi connectivity index (χ3v) is 6.63. The van der Waals surface area contributed by atoms with E-state index in [-0.39, 0.29) is 16.1 Å². The van der Waals surface area contributed by atoms with E-state index in [0.717, 1.165) is 45.0 Å². The Kier molecular flexibility index (Phi) is 6.28. The van der Waals surface area contributed by atoms with Crippen LogP contribution >= 0.6 is 0 Å². The van der Waals surface area contributed by atoms with Gasteiger partial charge in [-0.2, -0.15) is 0 Å². The van der Waals surface area contributed by atoms with Crippen LogP contribution in [0.3, 0.4) is 0 Å². The Morgan fingerprint density at radius 1 is 1.46 bits per heavy atom. The summed E-state index contributed by atoms with van der Waals surface area (Å²) < 4.78 is 12.0. The zero-order valence-electron chi connectivity index (χ0n) is 15.5. The van der Waals surface area contributed by atoms with Gasteiger partial charge in [-0.05, 0) is 40.5 Å². The average molecular weight is 357 g/mol. The van der Waals surface area contributed by atoms with Crippen LogP contribution in [0.4, 0.5) is 0 Å². The average Bonchev–Trinajstić information content (AvgIpc) is 2.85. The monoisotopic (exact) mass is 356 g/mol. The predicted octanol–water partition coefficient (Wildman–Crippen LogP) is 1.10. The summed E-state index contributed by atoms with van der Waals surface area (Å²) in [6.07, 6.45) is 2.79. The third-order valence-electron chi connectivity index (χ3n) is 4.71. The molecule has 2 N–H and O–H groups in total. The summed E-state index contributed by atoms with van der Waals surface area (Å²) in [7, 11) is -0.884. The lowest BCUT2D eigenvalue weighted by molar-refractivity contribution is -0.119. The molecule has 6 nitrogen and oxygen atoms in total. The van der Waals surface area contributed by atoms with E-state index in [9.17, 15) is 9.00 Å². The number of hydrogen-bond acceptors (Lipinski definition) is 3. The standard InChI is InChI=1S/C17H32N4O2S/c1-5-18-15(19-8-10-24(23)16(2,3)4)21-9-6-7-17(13-21)11-14(22)20-12-17/h5-13H2,1-4H3,(H,18,19)(H,20,22). The van der Waals surface area contributed by atoms with Crippen LogP contribution in [-0.2, 0) is 15.6 Å². The van der Waals surface area contributed by atoms with E-state index < -0.39 is 10.8 Å². The molecule has 2 aliphatic rings. The Morgan fingerprint density at radius 3 is 2.79 bits per heavy atom. The predicted molar refractivity (Wildman–Crippen MR) is 99.6 cm³/mol. The quantitative estimate of drug-likeness (QED) is 0.584. The molecule has 2 aliphatic heterocycles. The van der Waals surface area contributed by atoms with Crippen molar-refractivity contribution in [3.8, 4) is 0 Å². The van der Waals surface area contributed by atoms with Gasteiger partial charge in [-0.3, -0.25) is 14.0 Å². The van der Waals surface area contributed by atoms with Crippen molar-refractivity contribution < 1.29 is 9.00 Å². The fourth-order valence-electron chi connectivity index (χ4n) is 3.40. The molecule has 138 valence electrons. The first kappa shape index (κ1) is 19.2. The van der Waals surface area contributed by atoms with Crippen LogP contribution in [0.25, 0.3) is 0 Å². The maximum absolute atomic E-state index is 12.2. The molecule has 1 spiro atoms. The van der Waals surface area contributed by atoms with Crippen molar-refractivity contribution >= 4 is 22.7 Å². The third kappa shape index (κ3) is 4.94. The van der Waals surface area contributed by atoms with E-state index in [1.807, 2.05) is 20.8 Å². The number of nitrogens with zero attached hydrogens (tertiary/aromatic N) is 2. The van der Waals surface area contributed by atoms with Crippen molar-refractivity contribution in [2.45, 2.75) is 51.7 Å². The second-order valence-corrected chi connectivity index (χ2v) is 10.2. The van der Waals surface area contributed by atoms with Crippen molar-refractivity contribution in [1.82, 2.24) is 15.5 Å². The molecule has 0 aromatic carbocycles. The zero-order chi connectivity index (χ0) is 17.8. The fourth-order valence-corrected chi connectivity index (χ4v) is 4.26. The lowest BCUT2D eigenvalue weighted by Crippen LogP contribution is -2.51. The van der Waals surface area contributed by atoms with Crippen LogP contribution < -0.4 is 10.6 Å². The molecule has 1 amide bonds. The highest BCUT2D eigenvalue weighted by Crippen LogP contribution is 2.35.